The second-order valence-corrected chi connectivity index (χ2v) is 8.95. The molecule has 0 bridgehead atoms. The van der Waals surface area contributed by atoms with Gasteiger partial charge in [-0.25, -0.2) is 4.39 Å². The molecule has 0 saturated carbocycles. The number of carbonyl (C=O) groups excluding carboxylic acids is 2. The smallest absolute Gasteiger partial charge is 0.257 e. The molecule has 0 saturated heterocycles. The van der Waals surface area contributed by atoms with Gasteiger partial charge in [0.15, 0.2) is 0 Å². The van der Waals surface area contributed by atoms with Gasteiger partial charge < -0.3 is 16.0 Å². The molecule has 3 aromatic rings. The molecule has 0 radical (unpaired) electrons. The van der Waals surface area contributed by atoms with Crippen LogP contribution < -0.4 is 11.1 Å². The van der Waals surface area contributed by atoms with Crippen molar-refractivity contribution in [1.29, 1.82) is 0 Å². The lowest BCUT2D eigenvalue weighted by molar-refractivity contribution is 0.0672. The molecule has 3 rings (SSSR count). The van der Waals surface area contributed by atoms with Crippen LogP contribution in [0.3, 0.4) is 0 Å². The van der Waals surface area contributed by atoms with Crippen LogP contribution in [-0.2, 0) is 6.54 Å². The lowest BCUT2D eigenvalue weighted by atomic mass is 9.92. The zero-order valence-electron chi connectivity index (χ0n) is 18.5. The van der Waals surface area contributed by atoms with Crippen LogP contribution in [0.1, 0.15) is 40.1 Å². The lowest BCUT2D eigenvalue weighted by Crippen LogP contribution is -2.41. The highest BCUT2D eigenvalue weighted by Crippen LogP contribution is 2.26. The van der Waals surface area contributed by atoms with Crippen LogP contribution in [0.25, 0.3) is 0 Å². The van der Waals surface area contributed by atoms with Crippen molar-refractivity contribution in [1.82, 2.24) is 9.88 Å². The van der Waals surface area contributed by atoms with Crippen LogP contribution in [0.4, 0.5) is 10.1 Å². The third-order valence-electron chi connectivity index (χ3n) is 5.12. The van der Waals surface area contributed by atoms with E-state index < -0.39 is 5.82 Å². The van der Waals surface area contributed by atoms with Crippen molar-refractivity contribution < 1.29 is 14.0 Å². The number of carbonyl (C=O) groups is 2. The van der Waals surface area contributed by atoms with E-state index in [9.17, 15) is 14.0 Å². The summed E-state index contributed by atoms with van der Waals surface area (Å²) in [5.41, 5.74) is 7.34. The Morgan fingerprint density at radius 3 is 2.55 bits per heavy atom. The molecule has 6 nitrogen and oxygen atoms in total. The van der Waals surface area contributed by atoms with Crippen LogP contribution in [0, 0.1) is 11.2 Å². The summed E-state index contributed by atoms with van der Waals surface area (Å²) in [6.07, 6.45) is 3.06. The van der Waals surface area contributed by atoms with Gasteiger partial charge in [0.1, 0.15) is 5.82 Å². The summed E-state index contributed by atoms with van der Waals surface area (Å²) in [5.74, 6) is -1.14. The summed E-state index contributed by atoms with van der Waals surface area (Å²) in [6.45, 7) is 4.75. The second-order valence-electron chi connectivity index (χ2n) is 8.54. The maximum atomic E-state index is 13.7. The fourth-order valence-electron chi connectivity index (χ4n) is 3.26. The van der Waals surface area contributed by atoms with Gasteiger partial charge in [-0.3, -0.25) is 14.6 Å². The third-order valence-corrected chi connectivity index (χ3v) is 5.49. The number of nitrogens with zero attached hydrogens (tertiary/aromatic N) is 2. The number of anilines is 1. The average Bonchev–Trinajstić information content (AvgIpc) is 2.80. The molecule has 0 unspecified atom stereocenters. The second kappa shape index (κ2) is 10.6. The van der Waals surface area contributed by atoms with Gasteiger partial charge in [0.25, 0.3) is 11.8 Å². The number of aromatic nitrogens is 1. The number of pyridine rings is 1. The molecule has 2 amide bonds. The summed E-state index contributed by atoms with van der Waals surface area (Å²) >= 11 is 6.43. The number of halogens is 2. The Labute approximate surface area is 197 Å². The van der Waals surface area contributed by atoms with Gasteiger partial charge in [0, 0.05) is 41.8 Å². The first-order valence-electron chi connectivity index (χ1n) is 10.4. The SMILES string of the molecule is CC(C)(CN)CN(Cc1cc(NC(=O)c2cccnc2)ccc1Cl)C(=O)c1cccc(F)c1. The van der Waals surface area contributed by atoms with Crippen molar-refractivity contribution in [3.63, 3.8) is 0 Å². The molecule has 1 aromatic heterocycles. The molecule has 8 heteroatoms. The largest absolute Gasteiger partial charge is 0.334 e. The first-order chi connectivity index (χ1) is 15.7. The maximum absolute atomic E-state index is 13.7. The van der Waals surface area contributed by atoms with Crippen molar-refractivity contribution in [2.24, 2.45) is 11.1 Å². The summed E-state index contributed by atoms with van der Waals surface area (Å²) in [7, 11) is 0. The van der Waals surface area contributed by atoms with E-state index in [1.165, 1.54) is 24.4 Å². The van der Waals surface area contributed by atoms with Crippen molar-refractivity contribution in [2.75, 3.05) is 18.4 Å². The minimum atomic E-state index is -0.489. The standard InChI is InChI=1S/C25H26ClFN4O2/c1-25(2,15-28)16-31(24(33)17-5-3-7-20(27)11-17)14-19-12-21(8-9-22(19)26)30-23(32)18-6-4-10-29-13-18/h3-13H,14-16,28H2,1-2H3,(H,30,32). The van der Waals surface area contributed by atoms with E-state index in [0.717, 1.165) is 0 Å². The Morgan fingerprint density at radius 1 is 1.12 bits per heavy atom. The van der Waals surface area contributed by atoms with Gasteiger partial charge in [-0.2, -0.15) is 0 Å². The lowest BCUT2D eigenvalue weighted by Gasteiger charge is -2.32. The van der Waals surface area contributed by atoms with E-state index in [1.807, 2.05) is 13.8 Å². The van der Waals surface area contributed by atoms with E-state index in [1.54, 1.807) is 47.5 Å². The monoisotopic (exact) mass is 468 g/mol. The molecule has 0 atom stereocenters. The molecule has 0 aliphatic heterocycles. The molecule has 0 aliphatic carbocycles. The molecular formula is C25H26ClFN4O2. The molecule has 0 aliphatic rings. The van der Waals surface area contributed by atoms with Gasteiger partial charge in [0.05, 0.1) is 5.56 Å². The molecule has 1 heterocycles. The number of hydrogen-bond donors (Lipinski definition) is 2. The molecule has 3 N–H and O–H groups in total. The Kier molecular flexibility index (Phi) is 7.79. The van der Waals surface area contributed by atoms with E-state index in [2.05, 4.69) is 10.3 Å². The summed E-state index contributed by atoms with van der Waals surface area (Å²) < 4.78 is 13.7. The average molecular weight is 469 g/mol. The van der Waals surface area contributed by atoms with Crippen molar-refractivity contribution in [3.8, 4) is 0 Å². The van der Waals surface area contributed by atoms with E-state index >= 15 is 0 Å². The highest BCUT2D eigenvalue weighted by Gasteiger charge is 2.26. The Hall–Kier alpha value is -3.29. The van der Waals surface area contributed by atoms with Crippen LogP contribution in [0.5, 0.6) is 0 Å². The molecule has 172 valence electrons. The van der Waals surface area contributed by atoms with Crippen LogP contribution in [0.2, 0.25) is 5.02 Å². The number of benzene rings is 2. The normalized spacial score (nSPS) is 11.2. The molecule has 2 aromatic carbocycles. The van der Waals surface area contributed by atoms with Crippen molar-refractivity contribution in [3.05, 3.63) is 94.5 Å². The zero-order valence-corrected chi connectivity index (χ0v) is 19.3. The Morgan fingerprint density at radius 2 is 1.88 bits per heavy atom. The highest BCUT2D eigenvalue weighted by molar-refractivity contribution is 6.31. The zero-order chi connectivity index (χ0) is 24.0. The van der Waals surface area contributed by atoms with Gasteiger partial charge in [-0.05, 0) is 66.1 Å². The summed E-state index contributed by atoms with van der Waals surface area (Å²) in [6, 6.07) is 14.0. The minimum absolute atomic E-state index is 0.161. The van der Waals surface area contributed by atoms with Crippen LogP contribution in [0.15, 0.2) is 67.0 Å². The highest BCUT2D eigenvalue weighted by atomic mass is 35.5. The Balaban J connectivity index is 1.87. The fourth-order valence-corrected chi connectivity index (χ4v) is 3.44. The van der Waals surface area contributed by atoms with Gasteiger partial charge in [0.2, 0.25) is 0 Å². The van der Waals surface area contributed by atoms with Crippen LogP contribution in [-0.4, -0.2) is 34.8 Å². The number of hydrogen-bond acceptors (Lipinski definition) is 4. The Bertz CT molecular complexity index is 1140. The number of rotatable bonds is 8. The van der Waals surface area contributed by atoms with Gasteiger partial charge in [-0.1, -0.05) is 31.5 Å². The first-order valence-corrected chi connectivity index (χ1v) is 10.8. The quantitative estimate of drug-likeness (QED) is 0.499. The molecule has 0 spiro atoms. The number of amides is 2. The number of nitrogens with one attached hydrogen (secondary N) is 1. The molecular weight excluding hydrogens is 443 g/mol. The van der Waals surface area contributed by atoms with Crippen molar-refractivity contribution >= 4 is 29.1 Å². The summed E-state index contributed by atoms with van der Waals surface area (Å²) in [5, 5.41) is 3.26. The fraction of sp³-hybridized carbons (Fsp3) is 0.240. The summed E-state index contributed by atoms with van der Waals surface area (Å²) in [4.78, 5) is 31.3. The molecule has 0 fully saturated rings. The van der Waals surface area contributed by atoms with Crippen molar-refractivity contribution in [2.45, 2.75) is 20.4 Å². The predicted octanol–water partition coefficient (Wildman–Crippen LogP) is 4.75. The van der Waals surface area contributed by atoms with E-state index in [-0.39, 0.29) is 29.3 Å². The maximum Gasteiger partial charge on any atom is 0.257 e. The van der Waals surface area contributed by atoms with E-state index in [0.29, 0.717) is 34.9 Å². The topological polar surface area (TPSA) is 88.3 Å². The van der Waals surface area contributed by atoms with Crippen LogP contribution >= 0.6 is 11.6 Å². The predicted molar refractivity (Wildman–Crippen MR) is 128 cm³/mol. The van der Waals surface area contributed by atoms with Gasteiger partial charge >= 0.3 is 0 Å². The minimum Gasteiger partial charge on any atom is -0.334 e. The van der Waals surface area contributed by atoms with Gasteiger partial charge in [-0.15, -0.1) is 0 Å². The van der Waals surface area contributed by atoms with E-state index in [4.69, 9.17) is 17.3 Å². The first kappa shape index (κ1) is 24.4. The molecule has 33 heavy (non-hydrogen) atoms. The number of nitrogens with two attached hydrogens (primary N) is 1. The third kappa shape index (κ3) is 6.60.